The van der Waals surface area contributed by atoms with Crippen LogP contribution < -0.4 is 15.4 Å². The summed E-state index contributed by atoms with van der Waals surface area (Å²) in [6, 6.07) is 0. The zero-order valence-corrected chi connectivity index (χ0v) is 10.7. The lowest BCUT2D eigenvalue weighted by Gasteiger charge is -2.06. The van der Waals surface area contributed by atoms with Gasteiger partial charge < -0.3 is 10.6 Å². The van der Waals surface area contributed by atoms with Gasteiger partial charge in [0.05, 0.1) is 5.75 Å². The molecule has 0 bridgehead atoms. The van der Waals surface area contributed by atoms with Crippen LogP contribution in [-0.4, -0.2) is 46.3 Å². The van der Waals surface area contributed by atoms with Crippen molar-refractivity contribution in [3.05, 3.63) is 0 Å². The molecule has 0 aliphatic rings. The quantitative estimate of drug-likeness (QED) is 0.461. The zero-order valence-electron chi connectivity index (χ0n) is 9.88. The van der Waals surface area contributed by atoms with Crippen molar-refractivity contribution >= 4 is 15.9 Å². The van der Waals surface area contributed by atoms with Gasteiger partial charge in [0.2, 0.25) is 15.9 Å². The standard InChI is InChI=1S/C9H21N3O3S/c1-3-10-6-5-9(13)11-7-8-16(14,15)12-4-2/h10,12H,3-8H2,1-2H3,(H,11,13). The molecule has 3 N–H and O–H groups in total. The summed E-state index contributed by atoms with van der Waals surface area (Å²) in [5, 5.41) is 5.57. The molecule has 1 amide bonds. The van der Waals surface area contributed by atoms with Gasteiger partial charge >= 0.3 is 0 Å². The summed E-state index contributed by atoms with van der Waals surface area (Å²) < 4.78 is 24.8. The van der Waals surface area contributed by atoms with E-state index in [0.29, 0.717) is 19.5 Å². The second kappa shape index (κ2) is 8.49. The van der Waals surface area contributed by atoms with Crippen LogP contribution in [0.2, 0.25) is 0 Å². The Kier molecular flexibility index (Phi) is 8.14. The number of hydrogen-bond acceptors (Lipinski definition) is 4. The molecule has 0 aromatic carbocycles. The van der Waals surface area contributed by atoms with Gasteiger partial charge in [-0.1, -0.05) is 13.8 Å². The van der Waals surface area contributed by atoms with E-state index >= 15 is 0 Å². The van der Waals surface area contributed by atoms with E-state index < -0.39 is 10.0 Å². The van der Waals surface area contributed by atoms with E-state index in [4.69, 9.17) is 0 Å². The van der Waals surface area contributed by atoms with Crippen LogP contribution in [-0.2, 0) is 14.8 Å². The van der Waals surface area contributed by atoms with E-state index in [1.807, 2.05) is 6.92 Å². The number of hydrogen-bond donors (Lipinski definition) is 3. The smallest absolute Gasteiger partial charge is 0.221 e. The van der Waals surface area contributed by atoms with E-state index in [2.05, 4.69) is 15.4 Å². The van der Waals surface area contributed by atoms with E-state index in [1.165, 1.54) is 0 Å². The van der Waals surface area contributed by atoms with Crippen molar-refractivity contribution in [3.63, 3.8) is 0 Å². The van der Waals surface area contributed by atoms with Crippen LogP contribution in [0, 0.1) is 0 Å². The normalized spacial score (nSPS) is 11.4. The number of carbonyl (C=O) groups excluding carboxylic acids is 1. The predicted molar refractivity (Wildman–Crippen MR) is 63.6 cm³/mol. The maximum Gasteiger partial charge on any atom is 0.221 e. The Balaban J connectivity index is 3.61. The Morgan fingerprint density at radius 1 is 1.12 bits per heavy atom. The molecular formula is C9H21N3O3S. The summed E-state index contributed by atoms with van der Waals surface area (Å²) in [5.74, 6) is -0.207. The van der Waals surface area contributed by atoms with Crippen molar-refractivity contribution < 1.29 is 13.2 Å². The fraction of sp³-hybridized carbons (Fsp3) is 0.889. The second-order valence-corrected chi connectivity index (χ2v) is 5.20. The Morgan fingerprint density at radius 2 is 1.81 bits per heavy atom. The summed E-state index contributed by atoms with van der Waals surface area (Å²) in [6.07, 6.45) is 0.370. The Morgan fingerprint density at radius 3 is 2.38 bits per heavy atom. The van der Waals surface area contributed by atoms with Gasteiger partial charge in [0.25, 0.3) is 0 Å². The van der Waals surface area contributed by atoms with E-state index in [-0.39, 0.29) is 18.2 Å². The molecule has 7 heteroatoms. The molecule has 0 saturated heterocycles. The van der Waals surface area contributed by atoms with Crippen molar-refractivity contribution in [3.8, 4) is 0 Å². The maximum atomic E-state index is 11.2. The van der Waals surface area contributed by atoms with Gasteiger partial charge in [-0.3, -0.25) is 4.79 Å². The average molecular weight is 251 g/mol. The molecular weight excluding hydrogens is 230 g/mol. The molecule has 0 atom stereocenters. The average Bonchev–Trinajstić information content (AvgIpc) is 2.17. The Labute approximate surface area is 97.2 Å². The fourth-order valence-electron chi connectivity index (χ4n) is 1.08. The Bertz CT molecular complexity index is 290. The highest BCUT2D eigenvalue weighted by Gasteiger charge is 2.08. The lowest BCUT2D eigenvalue weighted by molar-refractivity contribution is -0.120. The monoisotopic (exact) mass is 251 g/mol. The van der Waals surface area contributed by atoms with Crippen LogP contribution in [0.4, 0.5) is 0 Å². The molecule has 0 spiro atoms. The molecule has 0 aromatic heterocycles. The number of rotatable bonds is 9. The number of carbonyl (C=O) groups is 1. The molecule has 0 aromatic rings. The highest BCUT2D eigenvalue weighted by Crippen LogP contribution is 1.83. The van der Waals surface area contributed by atoms with Crippen LogP contribution >= 0.6 is 0 Å². The SMILES string of the molecule is CCNCCC(=O)NCCS(=O)(=O)NCC. The minimum absolute atomic E-state index is 0.0756. The molecule has 0 aliphatic heterocycles. The fourth-order valence-corrected chi connectivity index (χ4v) is 2.04. The number of amides is 1. The molecule has 0 fully saturated rings. The van der Waals surface area contributed by atoms with Gasteiger partial charge in [-0.25, -0.2) is 13.1 Å². The van der Waals surface area contributed by atoms with Crippen LogP contribution in [0.5, 0.6) is 0 Å². The van der Waals surface area contributed by atoms with Crippen molar-refractivity contribution in [2.45, 2.75) is 20.3 Å². The molecule has 6 nitrogen and oxygen atoms in total. The number of nitrogens with one attached hydrogen (secondary N) is 3. The highest BCUT2D eigenvalue weighted by molar-refractivity contribution is 7.89. The maximum absolute atomic E-state index is 11.2. The van der Waals surface area contributed by atoms with Crippen LogP contribution in [0.3, 0.4) is 0 Å². The topological polar surface area (TPSA) is 87.3 Å². The third-order valence-electron chi connectivity index (χ3n) is 1.84. The number of sulfonamides is 1. The molecule has 0 rings (SSSR count). The molecule has 0 radical (unpaired) electrons. The van der Waals surface area contributed by atoms with E-state index in [9.17, 15) is 13.2 Å². The molecule has 0 saturated carbocycles. The van der Waals surface area contributed by atoms with Gasteiger partial charge in [0, 0.05) is 26.1 Å². The van der Waals surface area contributed by atoms with Gasteiger partial charge in [-0.05, 0) is 6.54 Å². The lowest BCUT2D eigenvalue weighted by atomic mass is 10.4. The third kappa shape index (κ3) is 8.63. The van der Waals surface area contributed by atoms with Crippen molar-refractivity contribution in [1.29, 1.82) is 0 Å². The van der Waals surface area contributed by atoms with Crippen LogP contribution in [0.15, 0.2) is 0 Å². The lowest BCUT2D eigenvalue weighted by Crippen LogP contribution is -2.35. The minimum atomic E-state index is -3.23. The van der Waals surface area contributed by atoms with Crippen LogP contribution in [0.25, 0.3) is 0 Å². The molecule has 0 unspecified atom stereocenters. The van der Waals surface area contributed by atoms with Gasteiger partial charge in [0.1, 0.15) is 0 Å². The van der Waals surface area contributed by atoms with Crippen LogP contribution in [0.1, 0.15) is 20.3 Å². The summed E-state index contributed by atoms with van der Waals surface area (Å²) in [6.45, 7) is 5.63. The first kappa shape index (κ1) is 15.3. The van der Waals surface area contributed by atoms with Crippen molar-refractivity contribution in [2.75, 3.05) is 31.9 Å². The second-order valence-electron chi connectivity index (χ2n) is 3.27. The first-order valence-electron chi connectivity index (χ1n) is 5.46. The molecule has 96 valence electrons. The first-order chi connectivity index (χ1) is 7.52. The zero-order chi connectivity index (χ0) is 12.4. The van der Waals surface area contributed by atoms with E-state index in [0.717, 1.165) is 6.54 Å². The minimum Gasteiger partial charge on any atom is -0.355 e. The summed E-state index contributed by atoms with van der Waals surface area (Å²) in [5.41, 5.74) is 0. The summed E-state index contributed by atoms with van der Waals surface area (Å²) >= 11 is 0. The first-order valence-corrected chi connectivity index (χ1v) is 7.11. The van der Waals surface area contributed by atoms with E-state index in [1.54, 1.807) is 6.92 Å². The van der Waals surface area contributed by atoms with Crippen molar-refractivity contribution in [2.24, 2.45) is 0 Å². The highest BCUT2D eigenvalue weighted by atomic mass is 32.2. The Hall–Kier alpha value is -0.660. The molecule has 0 aliphatic carbocycles. The van der Waals surface area contributed by atoms with Gasteiger partial charge in [0.15, 0.2) is 0 Å². The summed E-state index contributed by atoms with van der Waals surface area (Å²) in [4.78, 5) is 11.2. The van der Waals surface area contributed by atoms with Crippen molar-refractivity contribution in [1.82, 2.24) is 15.4 Å². The largest absolute Gasteiger partial charge is 0.355 e. The third-order valence-corrected chi connectivity index (χ3v) is 3.31. The van der Waals surface area contributed by atoms with Gasteiger partial charge in [-0.2, -0.15) is 0 Å². The van der Waals surface area contributed by atoms with Gasteiger partial charge in [-0.15, -0.1) is 0 Å². The molecule has 0 heterocycles. The molecule has 16 heavy (non-hydrogen) atoms. The predicted octanol–water partition coefficient (Wildman–Crippen LogP) is -0.958. The summed E-state index contributed by atoms with van der Waals surface area (Å²) in [7, 11) is -3.23.